The number of aromatic amines is 1. The summed E-state index contributed by atoms with van der Waals surface area (Å²) in [5, 5.41) is 3.19. The Kier molecular flexibility index (Phi) is 3.55. The molecular weight excluding hydrogens is 176 g/mol. The van der Waals surface area contributed by atoms with Crippen molar-refractivity contribution >= 4 is 0 Å². The summed E-state index contributed by atoms with van der Waals surface area (Å²) in [6, 6.07) is 0. The fourth-order valence-corrected chi connectivity index (χ4v) is 1.62. The summed E-state index contributed by atoms with van der Waals surface area (Å²) in [5.41, 5.74) is 2.12. The van der Waals surface area contributed by atoms with Gasteiger partial charge in [0.1, 0.15) is 0 Å². The van der Waals surface area contributed by atoms with Crippen LogP contribution < -0.4 is 5.56 Å². The molecule has 0 fully saturated rings. The number of nitrogens with one attached hydrogen (secondary N) is 1. The number of rotatable bonds is 4. The number of aromatic nitrogens is 2. The van der Waals surface area contributed by atoms with Gasteiger partial charge in [0.2, 0.25) is 0 Å². The highest BCUT2D eigenvalue weighted by Gasteiger charge is 2.10. The second kappa shape index (κ2) is 4.49. The molecule has 0 aliphatic rings. The molecule has 0 aliphatic carbocycles. The highest BCUT2D eigenvalue weighted by molar-refractivity contribution is 5.15. The summed E-state index contributed by atoms with van der Waals surface area (Å²) in [7, 11) is 0. The summed E-state index contributed by atoms with van der Waals surface area (Å²) in [6.07, 6.45) is 1.94. The average Bonchev–Trinajstić information content (AvgIpc) is 2.34. The maximum absolute atomic E-state index is 11.7. The lowest BCUT2D eigenvalue weighted by molar-refractivity contribution is 0.562. The predicted molar refractivity (Wildman–Crippen MR) is 58.6 cm³/mol. The van der Waals surface area contributed by atoms with Crippen LogP contribution in [0, 0.1) is 12.8 Å². The molecule has 0 unspecified atom stereocenters. The van der Waals surface area contributed by atoms with Crippen LogP contribution in [0.15, 0.2) is 4.79 Å². The third-order valence-corrected chi connectivity index (χ3v) is 2.35. The molecule has 0 spiro atoms. The fourth-order valence-electron chi connectivity index (χ4n) is 1.62. The summed E-state index contributed by atoms with van der Waals surface area (Å²) < 4.78 is 1.72. The molecule has 0 saturated carbocycles. The topological polar surface area (TPSA) is 37.8 Å². The van der Waals surface area contributed by atoms with Crippen molar-refractivity contribution in [2.24, 2.45) is 5.92 Å². The Morgan fingerprint density at radius 2 is 2.07 bits per heavy atom. The average molecular weight is 196 g/mol. The fraction of sp³-hybridized carbons (Fsp3) is 0.727. The first-order chi connectivity index (χ1) is 6.56. The first kappa shape index (κ1) is 11.1. The van der Waals surface area contributed by atoms with Crippen LogP contribution in [-0.4, -0.2) is 9.78 Å². The quantitative estimate of drug-likeness (QED) is 0.786. The van der Waals surface area contributed by atoms with Crippen molar-refractivity contribution in [3.63, 3.8) is 0 Å². The van der Waals surface area contributed by atoms with E-state index in [0.29, 0.717) is 5.92 Å². The van der Waals surface area contributed by atoms with Crippen molar-refractivity contribution in [1.82, 2.24) is 9.78 Å². The third kappa shape index (κ3) is 2.28. The van der Waals surface area contributed by atoms with Gasteiger partial charge in [0.15, 0.2) is 0 Å². The summed E-state index contributed by atoms with van der Waals surface area (Å²) in [6.45, 7) is 9.09. The van der Waals surface area contributed by atoms with Gasteiger partial charge in [0.05, 0.1) is 0 Å². The van der Waals surface area contributed by atoms with Crippen molar-refractivity contribution in [2.45, 2.75) is 47.1 Å². The molecule has 80 valence electrons. The minimum absolute atomic E-state index is 0.141. The standard InChI is InChI=1S/C11H20N2O/c1-5-6-13-11(14)9(4)10(12-13)7-8(2)3/h8,12H,5-7H2,1-4H3. The monoisotopic (exact) mass is 196 g/mol. The van der Waals surface area contributed by atoms with Crippen LogP contribution in [0.1, 0.15) is 38.4 Å². The van der Waals surface area contributed by atoms with Crippen molar-refractivity contribution < 1.29 is 0 Å². The van der Waals surface area contributed by atoms with Crippen molar-refractivity contribution in [2.75, 3.05) is 0 Å². The minimum Gasteiger partial charge on any atom is -0.299 e. The largest absolute Gasteiger partial charge is 0.299 e. The Balaban J connectivity index is 2.96. The Bertz CT molecular complexity index is 347. The van der Waals surface area contributed by atoms with Gasteiger partial charge in [-0.3, -0.25) is 14.6 Å². The van der Waals surface area contributed by atoms with E-state index in [1.165, 1.54) is 0 Å². The lowest BCUT2D eigenvalue weighted by atomic mass is 10.1. The van der Waals surface area contributed by atoms with Crippen LogP contribution in [0.2, 0.25) is 0 Å². The lowest BCUT2D eigenvalue weighted by Crippen LogP contribution is -2.17. The Hall–Kier alpha value is -0.990. The Morgan fingerprint density at radius 3 is 2.57 bits per heavy atom. The third-order valence-electron chi connectivity index (χ3n) is 2.35. The normalized spacial score (nSPS) is 11.2. The first-order valence-electron chi connectivity index (χ1n) is 5.34. The zero-order valence-electron chi connectivity index (χ0n) is 9.55. The number of aryl methyl sites for hydroxylation is 1. The SMILES string of the molecule is CCCn1[nH]c(CC(C)C)c(C)c1=O. The molecule has 3 heteroatoms. The van der Waals surface area contributed by atoms with E-state index in [9.17, 15) is 4.79 Å². The molecule has 3 nitrogen and oxygen atoms in total. The summed E-state index contributed by atoms with van der Waals surface area (Å²) >= 11 is 0. The number of hydrogen-bond donors (Lipinski definition) is 1. The number of hydrogen-bond acceptors (Lipinski definition) is 1. The van der Waals surface area contributed by atoms with E-state index in [-0.39, 0.29) is 5.56 Å². The molecule has 0 aromatic carbocycles. The first-order valence-corrected chi connectivity index (χ1v) is 5.34. The van der Waals surface area contributed by atoms with E-state index < -0.39 is 0 Å². The Morgan fingerprint density at radius 1 is 1.43 bits per heavy atom. The lowest BCUT2D eigenvalue weighted by Gasteiger charge is -2.02. The van der Waals surface area contributed by atoms with E-state index in [2.05, 4.69) is 25.9 Å². The van der Waals surface area contributed by atoms with E-state index in [1.54, 1.807) is 4.68 Å². The van der Waals surface area contributed by atoms with Gasteiger partial charge >= 0.3 is 0 Å². The van der Waals surface area contributed by atoms with Gasteiger partial charge in [-0.2, -0.15) is 0 Å². The smallest absolute Gasteiger partial charge is 0.269 e. The molecule has 1 aromatic rings. The van der Waals surface area contributed by atoms with Gasteiger partial charge in [-0.25, -0.2) is 0 Å². The van der Waals surface area contributed by atoms with Crippen molar-refractivity contribution in [3.8, 4) is 0 Å². The van der Waals surface area contributed by atoms with Crippen LogP contribution in [-0.2, 0) is 13.0 Å². The van der Waals surface area contributed by atoms with E-state index >= 15 is 0 Å². The molecule has 1 rings (SSSR count). The zero-order chi connectivity index (χ0) is 10.7. The van der Waals surface area contributed by atoms with Crippen molar-refractivity contribution in [3.05, 3.63) is 21.6 Å². The van der Waals surface area contributed by atoms with E-state index in [4.69, 9.17) is 0 Å². The molecular formula is C11H20N2O. The van der Waals surface area contributed by atoms with Crippen LogP contribution in [0.25, 0.3) is 0 Å². The molecule has 14 heavy (non-hydrogen) atoms. The van der Waals surface area contributed by atoms with Gasteiger partial charge in [0.25, 0.3) is 5.56 Å². The minimum atomic E-state index is 0.141. The van der Waals surface area contributed by atoms with Crippen molar-refractivity contribution in [1.29, 1.82) is 0 Å². The predicted octanol–water partition coefficient (Wildman–Crippen LogP) is 2.09. The van der Waals surface area contributed by atoms with Gasteiger partial charge in [0, 0.05) is 17.8 Å². The van der Waals surface area contributed by atoms with Crippen LogP contribution in [0.5, 0.6) is 0 Å². The maximum atomic E-state index is 11.7. The molecule has 1 aromatic heterocycles. The molecule has 0 atom stereocenters. The number of nitrogens with zero attached hydrogens (tertiary/aromatic N) is 1. The second-order valence-electron chi connectivity index (χ2n) is 4.27. The van der Waals surface area contributed by atoms with Gasteiger partial charge in [-0.15, -0.1) is 0 Å². The van der Waals surface area contributed by atoms with Crippen LogP contribution >= 0.6 is 0 Å². The summed E-state index contributed by atoms with van der Waals surface area (Å²) in [4.78, 5) is 11.7. The van der Waals surface area contributed by atoms with E-state index in [0.717, 1.165) is 30.6 Å². The zero-order valence-corrected chi connectivity index (χ0v) is 9.55. The maximum Gasteiger partial charge on any atom is 0.269 e. The highest BCUT2D eigenvalue weighted by atomic mass is 16.1. The van der Waals surface area contributed by atoms with Crippen LogP contribution in [0.3, 0.4) is 0 Å². The van der Waals surface area contributed by atoms with Gasteiger partial charge in [-0.1, -0.05) is 20.8 Å². The molecule has 0 amide bonds. The molecule has 1 N–H and O–H groups in total. The summed E-state index contributed by atoms with van der Waals surface area (Å²) in [5.74, 6) is 0.585. The second-order valence-corrected chi connectivity index (χ2v) is 4.27. The van der Waals surface area contributed by atoms with Gasteiger partial charge < -0.3 is 0 Å². The molecule has 0 bridgehead atoms. The molecule has 0 radical (unpaired) electrons. The Labute approximate surface area is 85.1 Å². The van der Waals surface area contributed by atoms with Gasteiger partial charge in [-0.05, 0) is 25.7 Å². The molecule has 0 aliphatic heterocycles. The number of H-pyrrole nitrogens is 1. The highest BCUT2D eigenvalue weighted by Crippen LogP contribution is 2.07. The molecule has 1 heterocycles. The van der Waals surface area contributed by atoms with Crippen LogP contribution in [0.4, 0.5) is 0 Å². The molecule has 0 saturated heterocycles. The van der Waals surface area contributed by atoms with E-state index in [1.807, 2.05) is 6.92 Å².